The van der Waals surface area contributed by atoms with Crippen LogP contribution in [0.2, 0.25) is 5.02 Å². The Labute approximate surface area is 174 Å². The largest absolute Gasteiger partial charge is 0.350 e. The Morgan fingerprint density at radius 3 is 2.39 bits per heavy atom. The van der Waals surface area contributed by atoms with Crippen molar-refractivity contribution >= 4 is 35.8 Å². The molecule has 3 N–H and O–H groups in total. The summed E-state index contributed by atoms with van der Waals surface area (Å²) in [6.45, 7) is 4.36. The van der Waals surface area contributed by atoms with E-state index in [-0.39, 0.29) is 30.3 Å². The third kappa shape index (κ3) is 5.43. The number of piperidine rings is 1. The average molecular weight is 427 g/mol. The number of benzene rings is 1. The molecule has 1 saturated heterocycles. The second kappa shape index (κ2) is 10.4. The first-order chi connectivity index (χ1) is 13.1. The Bertz CT molecular complexity index is 803. The predicted molar refractivity (Wildman–Crippen MR) is 109 cm³/mol. The van der Waals surface area contributed by atoms with Crippen molar-refractivity contribution in [1.82, 2.24) is 30.9 Å². The second-order valence-corrected chi connectivity index (χ2v) is 6.90. The number of nitrogens with zero attached hydrogens (tertiary/aromatic N) is 3. The van der Waals surface area contributed by atoms with Gasteiger partial charge in [0.05, 0.1) is 11.7 Å². The lowest BCUT2D eigenvalue weighted by atomic mass is 10.1. The molecule has 0 radical (unpaired) electrons. The molecule has 2 amide bonds. The van der Waals surface area contributed by atoms with Crippen LogP contribution >= 0.6 is 24.0 Å². The van der Waals surface area contributed by atoms with Gasteiger partial charge in [-0.15, -0.1) is 17.5 Å². The van der Waals surface area contributed by atoms with E-state index in [4.69, 9.17) is 11.6 Å². The molecule has 1 aliphatic rings. The van der Waals surface area contributed by atoms with E-state index in [1.807, 2.05) is 11.6 Å². The van der Waals surface area contributed by atoms with Crippen LogP contribution in [0.25, 0.3) is 0 Å². The minimum atomic E-state index is -0.284. The Hall–Kier alpha value is -2.16. The second-order valence-electron chi connectivity index (χ2n) is 6.47. The van der Waals surface area contributed by atoms with E-state index in [0.717, 1.165) is 31.6 Å². The van der Waals surface area contributed by atoms with E-state index in [1.54, 1.807) is 24.3 Å². The highest BCUT2D eigenvalue weighted by Gasteiger charge is 2.22. The van der Waals surface area contributed by atoms with E-state index in [2.05, 4.69) is 26.3 Å². The number of amides is 2. The average Bonchev–Trinajstić information content (AvgIpc) is 3.07. The van der Waals surface area contributed by atoms with Crippen LogP contribution in [0.1, 0.15) is 45.4 Å². The monoisotopic (exact) mass is 426 g/mol. The number of hydrogen-bond acceptors (Lipinski definition) is 5. The maximum absolute atomic E-state index is 12.3. The summed E-state index contributed by atoms with van der Waals surface area (Å²) in [5.74, 6) is -0.498. The SMILES string of the molecule is Cc1c(C(=O)NCCNC(=O)c2ccc(Cl)cc2)nnn1C1CCNCC1.Cl. The quantitative estimate of drug-likeness (QED) is 0.610. The maximum Gasteiger partial charge on any atom is 0.273 e. The first-order valence-electron chi connectivity index (χ1n) is 9.00. The van der Waals surface area contributed by atoms with Crippen LogP contribution < -0.4 is 16.0 Å². The predicted octanol–water partition coefficient (Wildman–Crippen LogP) is 1.75. The minimum absolute atomic E-state index is 0. The fourth-order valence-electron chi connectivity index (χ4n) is 3.09. The zero-order valence-corrected chi connectivity index (χ0v) is 17.1. The first kappa shape index (κ1) is 22.1. The summed E-state index contributed by atoms with van der Waals surface area (Å²) in [6.07, 6.45) is 1.95. The van der Waals surface area contributed by atoms with Crippen molar-refractivity contribution in [2.24, 2.45) is 0 Å². The van der Waals surface area contributed by atoms with Crippen molar-refractivity contribution in [3.05, 3.63) is 46.2 Å². The zero-order valence-electron chi connectivity index (χ0n) is 15.6. The van der Waals surface area contributed by atoms with Crippen molar-refractivity contribution in [2.75, 3.05) is 26.2 Å². The molecule has 10 heteroatoms. The van der Waals surface area contributed by atoms with Crippen molar-refractivity contribution < 1.29 is 9.59 Å². The molecular formula is C18H24Cl2N6O2. The van der Waals surface area contributed by atoms with Gasteiger partial charge in [0.15, 0.2) is 5.69 Å². The van der Waals surface area contributed by atoms with Gasteiger partial charge in [-0.2, -0.15) is 0 Å². The Morgan fingerprint density at radius 1 is 1.14 bits per heavy atom. The van der Waals surface area contributed by atoms with Crippen molar-refractivity contribution in [3.8, 4) is 0 Å². The number of hydrogen-bond donors (Lipinski definition) is 3. The summed E-state index contributed by atoms with van der Waals surface area (Å²) in [6, 6.07) is 6.90. The molecule has 2 aromatic rings. The van der Waals surface area contributed by atoms with Crippen LogP contribution in [0.5, 0.6) is 0 Å². The molecular weight excluding hydrogens is 403 g/mol. The molecule has 1 aromatic carbocycles. The van der Waals surface area contributed by atoms with Gasteiger partial charge in [0, 0.05) is 23.7 Å². The zero-order chi connectivity index (χ0) is 19.2. The summed E-state index contributed by atoms with van der Waals surface area (Å²) in [5, 5.41) is 17.6. The van der Waals surface area contributed by atoms with Crippen LogP contribution in [-0.4, -0.2) is 53.0 Å². The normalized spacial score (nSPS) is 14.2. The molecule has 28 heavy (non-hydrogen) atoms. The van der Waals surface area contributed by atoms with Gasteiger partial charge in [-0.3, -0.25) is 9.59 Å². The lowest BCUT2D eigenvalue weighted by Gasteiger charge is -2.23. The smallest absolute Gasteiger partial charge is 0.273 e. The highest BCUT2D eigenvalue weighted by molar-refractivity contribution is 6.30. The Morgan fingerprint density at radius 2 is 1.75 bits per heavy atom. The molecule has 0 aliphatic carbocycles. The van der Waals surface area contributed by atoms with Crippen LogP contribution in [-0.2, 0) is 0 Å². The lowest BCUT2D eigenvalue weighted by Crippen LogP contribution is -2.35. The van der Waals surface area contributed by atoms with Gasteiger partial charge in [0.2, 0.25) is 0 Å². The van der Waals surface area contributed by atoms with Gasteiger partial charge in [-0.25, -0.2) is 4.68 Å². The summed E-state index contributed by atoms with van der Waals surface area (Å²) in [7, 11) is 0. The lowest BCUT2D eigenvalue weighted by molar-refractivity contribution is 0.0924. The van der Waals surface area contributed by atoms with Gasteiger partial charge < -0.3 is 16.0 Å². The summed E-state index contributed by atoms with van der Waals surface area (Å²) in [5.41, 5.74) is 1.62. The fraction of sp³-hybridized carbons (Fsp3) is 0.444. The molecule has 3 rings (SSSR count). The van der Waals surface area contributed by atoms with Crippen molar-refractivity contribution in [1.29, 1.82) is 0 Å². The van der Waals surface area contributed by atoms with E-state index in [0.29, 0.717) is 29.4 Å². The van der Waals surface area contributed by atoms with Gasteiger partial charge in [0.25, 0.3) is 11.8 Å². The molecule has 0 bridgehead atoms. The first-order valence-corrected chi connectivity index (χ1v) is 9.38. The molecule has 1 aromatic heterocycles. The van der Waals surface area contributed by atoms with Crippen LogP contribution in [0.3, 0.4) is 0 Å². The molecule has 8 nitrogen and oxygen atoms in total. The fourth-order valence-corrected chi connectivity index (χ4v) is 3.21. The summed E-state index contributed by atoms with van der Waals surface area (Å²) < 4.78 is 1.85. The highest BCUT2D eigenvalue weighted by Crippen LogP contribution is 2.20. The molecule has 1 aliphatic heterocycles. The Kier molecular flexibility index (Phi) is 8.22. The number of carbonyl (C=O) groups excluding carboxylic acids is 2. The van der Waals surface area contributed by atoms with Gasteiger partial charge >= 0.3 is 0 Å². The Balaban J connectivity index is 0.00000280. The third-order valence-electron chi connectivity index (χ3n) is 4.60. The molecule has 0 saturated carbocycles. The molecule has 1 fully saturated rings. The number of aromatic nitrogens is 3. The van der Waals surface area contributed by atoms with Crippen LogP contribution in [0.15, 0.2) is 24.3 Å². The number of carbonyl (C=O) groups is 2. The van der Waals surface area contributed by atoms with Crippen molar-refractivity contribution in [2.45, 2.75) is 25.8 Å². The van der Waals surface area contributed by atoms with Gasteiger partial charge in [-0.1, -0.05) is 16.8 Å². The number of halogens is 2. The standard InChI is InChI=1S/C18H23ClN6O2.ClH/c1-12-16(23-24-25(12)15-6-8-20-9-7-15)18(27)22-11-10-21-17(26)13-2-4-14(19)5-3-13;/h2-5,15,20H,6-11H2,1H3,(H,21,26)(H,22,27);1H. The number of nitrogens with one attached hydrogen (secondary N) is 3. The van der Waals surface area contributed by atoms with E-state index < -0.39 is 0 Å². The highest BCUT2D eigenvalue weighted by atomic mass is 35.5. The summed E-state index contributed by atoms with van der Waals surface area (Å²) >= 11 is 5.81. The van der Waals surface area contributed by atoms with Crippen molar-refractivity contribution in [3.63, 3.8) is 0 Å². The van der Waals surface area contributed by atoms with E-state index in [1.165, 1.54) is 0 Å². The van der Waals surface area contributed by atoms with Gasteiger partial charge in [-0.05, 0) is 57.1 Å². The molecule has 0 spiro atoms. The third-order valence-corrected chi connectivity index (χ3v) is 4.85. The maximum atomic E-state index is 12.3. The minimum Gasteiger partial charge on any atom is -0.350 e. The van der Waals surface area contributed by atoms with Crippen LogP contribution in [0.4, 0.5) is 0 Å². The molecule has 152 valence electrons. The molecule has 0 atom stereocenters. The summed E-state index contributed by atoms with van der Waals surface area (Å²) in [4.78, 5) is 24.4. The van der Waals surface area contributed by atoms with E-state index >= 15 is 0 Å². The van der Waals surface area contributed by atoms with Crippen LogP contribution in [0, 0.1) is 6.92 Å². The van der Waals surface area contributed by atoms with Gasteiger partial charge in [0.1, 0.15) is 0 Å². The topological polar surface area (TPSA) is 101 Å². The molecule has 2 heterocycles. The molecule has 0 unspecified atom stereocenters. The van der Waals surface area contributed by atoms with E-state index in [9.17, 15) is 9.59 Å². The number of rotatable bonds is 6.